The number of carbonyl (C=O) groups is 4. The normalized spacial score (nSPS) is 35.5. The molecule has 4 N–H and O–H groups in total. The summed E-state index contributed by atoms with van der Waals surface area (Å²) in [7, 11) is 3.09. The minimum Gasteiger partial charge on any atom is -0.508 e. The lowest BCUT2D eigenvalue weighted by Crippen LogP contribution is -2.64. The number of phenols is 1. The predicted molar refractivity (Wildman–Crippen MR) is 249 cm³/mol. The first-order chi connectivity index (χ1) is 31.0. The molecule has 4 aliphatic rings. The molecule has 3 aliphatic heterocycles. The molecule has 3 heterocycles. The van der Waals surface area contributed by atoms with Crippen LogP contribution in [0.5, 0.6) is 5.75 Å². The molecule has 0 aromatic heterocycles. The molecule has 1 saturated carbocycles. The highest BCUT2D eigenvalue weighted by Crippen LogP contribution is 2.39. The number of hydrogen-bond acceptors (Lipinski definition) is 12. The number of allylic oxidation sites excluding steroid dienone is 4. The van der Waals surface area contributed by atoms with E-state index in [0.717, 1.165) is 29.6 Å². The van der Waals surface area contributed by atoms with Crippen LogP contribution >= 0.6 is 0 Å². The Kier molecular flexibility index (Phi) is 19.3. The zero-order chi connectivity index (χ0) is 47.4. The number of esters is 1. The Balaban J connectivity index is 1.44. The number of cyclic esters (lactones) is 1. The van der Waals surface area contributed by atoms with Crippen LogP contribution in [0.15, 0.2) is 66.3 Å². The van der Waals surface area contributed by atoms with Crippen molar-refractivity contribution < 1.29 is 53.1 Å². The fraction of sp³-hybridized carbons (Fsp3) is 0.654. The fourth-order valence-electron chi connectivity index (χ4n) is 10.4. The summed E-state index contributed by atoms with van der Waals surface area (Å²) in [6, 6.07) is 5.71. The summed E-state index contributed by atoms with van der Waals surface area (Å²) in [6.45, 7) is 14.1. The maximum Gasteiger partial charge on any atom is 0.329 e. The zero-order valence-electron chi connectivity index (χ0n) is 39.8. The van der Waals surface area contributed by atoms with Gasteiger partial charge in [-0.1, -0.05) is 68.9 Å². The Morgan fingerprint density at radius 3 is 2.37 bits per heavy atom. The van der Waals surface area contributed by atoms with Crippen molar-refractivity contribution >= 4 is 29.5 Å². The highest BCUT2D eigenvalue weighted by Gasteiger charge is 2.56. The van der Waals surface area contributed by atoms with Crippen molar-refractivity contribution in [2.24, 2.45) is 35.3 Å². The number of phenolic OH excluding ortho intramolecular Hbond substituents is 1. The molecule has 13 atom stereocenters. The van der Waals surface area contributed by atoms with E-state index in [2.05, 4.69) is 19.6 Å². The van der Waals surface area contributed by atoms with Crippen LogP contribution in [0.1, 0.15) is 117 Å². The van der Waals surface area contributed by atoms with Crippen molar-refractivity contribution in [2.45, 2.75) is 160 Å². The molecule has 5 rings (SSSR count). The van der Waals surface area contributed by atoms with Gasteiger partial charge in [-0.2, -0.15) is 0 Å². The number of ketones is 2. The molecule has 360 valence electrons. The number of hydrogen-bond donors (Lipinski definition) is 3. The van der Waals surface area contributed by atoms with Crippen LogP contribution in [0.2, 0.25) is 0 Å². The van der Waals surface area contributed by atoms with Crippen molar-refractivity contribution in [1.29, 1.82) is 0 Å². The van der Waals surface area contributed by atoms with Gasteiger partial charge in [0.1, 0.15) is 29.8 Å². The summed E-state index contributed by atoms with van der Waals surface area (Å²) < 4.78 is 30.8. The first-order valence-electron chi connectivity index (χ1n) is 23.8. The number of aliphatic hydroxyl groups is 1. The van der Waals surface area contributed by atoms with E-state index in [4.69, 9.17) is 29.4 Å². The second-order valence-electron chi connectivity index (χ2n) is 19.3. The lowest BCUT2D eigenvalue weighted by atomic mass is 9.81. The molecule has 2 saturated heterocycles. The topological polar surface area (TPSA) is 184 Å². The van der Waals surface area contributed by atoms with E-state index in [-0.39, 0.29) is 73.2 Å². The lowest BCUT2D eigenvalue weighted by molar-refractivity contribution is -0.302. The minimum atomic E-state index is -2.49. The van der Waals surface area contributed by atoms with Gasteiger partial charge in [0.05, 0.1) is 24.9 Å². The minimum absolute atomic E-state index is 0.0543. The van der Waals surface area contributed by atoms with E-state index in [0.29, 0.717) is 51.6 Å². The number of piperidine rings is 1. The maximum atomic E-state index is 14.5. The average molecular weight is 905 g/mol. The summed E-state index contributed by atoms with van der Waals surface area (Å²) in [4.78, 5) is 58.4. The Hall–Kier alpha value is -3.98. The molecule has 1 aromatic carbocycles. The summed E-state index contributed by atoms with van der Waals surface area (Å²) in [5.74, 6) is -6.31. The van der Waals surface area contributed by atoms with Crippen molar-refractivity contribution in [3.05, 3.63) is 71.9 Å². The summed E-state index contributed by atoms with van der Waals surface area (Å²) in [6.07, 6.45) is 13.1. The van der Waals surface area contributed by atoms with E-state index < -0.39 is 59.8 Å². The van der Waals surface area contributed by atoms with Crippen molar-refractivity contribution in [2.75, 3.05) is 27.4 Å². The largest absolute Gasteiger partial charge is 0.508 e. The number of fused-ring (bicyclic) bond motifs is 3. The van der Waals surface area contributed by atoms with Crippen LogP contribution in [0.25, 0.3) is 6.08 Å². The number of benzene rings is 1. The zero-order valence-corrected chi connectivity index (χ0v) is 39.8. The average Bonchev–Trinajstić information content (AvgIpc) is 3.29. The number of methoxy groups -OCH3 is 2. The predicted octanol–water partition coefficient (Wildman–Crippen LogP) is 7.42. The molecule has 1 amide bonds. The molecular formula is C52H76N2O11. The van der Waals surface area contributed by atoms with Crippen molar-refractivity contribution in [3.63, 3.8) is 0 Å². The molecule has 1 aromatic rings. The molecule has 0 spiro atoms. The van der Waals surface area contributed by atoms with Gasteiger partial charge < -0.3 is 44.5 Å². The second-order valence-corrected chi connectivity index (χ2v) is 19.3. The van der Waals surface area contributed by atoms with E-state index >= 15 is 0 Å². The number of rotatable bonds is 10. The van der Waals surface area contributed by atoms with Crippen LogP contribution in [-0.4, -0.2) is 114 Å². The van der Waals surface area contributed by atoms with Crippen molar-refractivity contribution in [1.82, 2.24) is 4.90 Å². The number of nitrogens with zero attached hydrogens (tertiary/aromatic N) is 1. The number of aromatic hydroxyl groups is 1. The molecule has 65 heavy (non-hydrogen) atoms. The van der Waals surface area contributed by atoms with E-state index in [9.17, 15) is 29.4 Å². The molecule has 13 unspecified atom stereocenters. The van der Waals surface area contributed by atoms with Gasteiger partial charge in [0.2, 0.25) is 5.79 Å². The molecule has 13 nitrogen and oxygen atoms in total. The molecule has 13 heteroatoms. The van der Waals surface area contributed by atoms with Gasteiger partial charge in [-0.05, 0) is 125 Å². The smallest absolute Gasteiger partial charge is 0.329 e. The molecule has 3 fully saturated rings. The first kappa shape index (κ1) is 52.0. The van der Waals surface area contributed by atoms with E-state index in [1.807, 2.05) is 51.1 Å². The Morgan fingerprint density at radius 1 is 0.969 bits per heavy atom. The standard InChI is InChI=1S/C52H76N2O11/c1-9-13-39-27-32(2)26-33(3)28-45(61-7)48-46(62-8)30-36(6)52(60,65-48)49(57)50(58)54-24-11-10-15-42(54)51(59)64-47(34(4)16-23-43(39)56)35(5)29-38-19-22-41(53)44(31-38)63-25-12-14-37-17-20-40(55)21-18-37/h9,12,14,17-18,20-21,27,29,33-34,36,38-39,41-42,44-48,55,60H,1,10-11,13,15-16,19,22-26,28,30-31,53H2,2-8H3. The van der Waals surface area contributed by atoms with E-state index in [1.54, 1.807) is 39.4 Å². The fourth-order valence-corrected chi connectivity index (χ4v) is 10.4. The molecule has 0 radical (unpaired) electrons. The third-order valence-corrected chi connectivity index (χ3v) is 14.1. The number of Topliss-reactive ketones (excluding diaryl/α,β-unsaturated/α-hetero) is 2. The number of amides is 1. The summed E-state index contributed by atoms with van der Waals surface area (Å²) in [5.41, 5.74) is 9.37. The van der Waals surface area contributed by atoms with Gasteiger partial charge >= 0.3 is 5.97 Å². The SMILES string of the molecule is C=CCC1C=C(C)CC(C)CC(OC)C2OC(O)(C(=O)C(=O)N3CCCCC3C(=O)OC(C(C)=CC3CCC(N)C(OCC=Cc4ccc(O)cc4)C3)C(C)CCC1=O)C(C)CC2OC. The Morgan fingerprint density at radius 2 is 1.68 bits per heavy atom. The summed E-state index contributed by atoms with van der Waals surface area (Å²) >= 11 is 0. The van der Waals surface area contributed by atoms with Gasteiger partial charge in [0.25, 0.3) is 11.7 Å². The van der Waals surface area contributed by atoms with Gasteiger partial charge in [-0.25, -0.2) is 4.79 Å². The Labute approximate surface area is 386 Å². The monoisotopic (exact) mass is 905 g/mol. The molecule has 2 bridgehead atoms. The highest BCUT2D eigenvalue weighted by atomic mass is 16.7. The van der Waals surface area contributed by atoms with Crippen LogP contribution in [0, 0.1) is 29.6 Å². The molecule has 1 aliphatic carbocycles. The van der Waals surface area contributed by atoms with Crippen molar-refractivity contribution in [3.8, 4) is 5.75 Å². The second kappa shape index (κ2) is 24.2. The van der Waals surface area contributed by atoms with Crippen LogP contribution < -0.4 is 5.73 Å². The van der Waals surface area contributed by atoms with Crippen LogP contribution in [0.3, 0.4) is 0 Å². The Bertz CT molecular complexity index is 1880. The lowest BCUT2D eigenvalue weighted by Gasteiger charge is -2.47. The van der Waals surface area contributed by atoms with E-state index in [1.165, 1.54) is 4.90 Å². The first-order valence-corrected chi connectivity index (χ1v) is 23.8. The van der Waals surface area contributed by atoms with Crippen LogP contribution in [-0.2, 0) is 42.9 Å². The third-order valence-electron chi connectivity index (χ3n) is 14.1. The van der Waals surface area contributed by atoms with Gasteiger partial charge in [0, 0.05) is 45.1 Å². The number of nitrogens with two attached hydrogens (primary N) is 1. The number of ether oxygens (including phenoxy) is 5. The highest BCUT2D eigenvalue weighted by molar-refractivity contribution is 6.39. The maximum absolute atomic E-state index is 14.5. The summed E-state index contributed by atoms with van der Waals surface area (Å²) in [5, 5.41) is 21.7. The number of carbonyl (C=O) groups excluding carboxylic acids is 4. The molecular weight excluding hydrogens is 829 g/mol. The van der Waals surface area contributed by atoms with Gasteiger partial charge in [-0.3, -0.25) is 14.4 Å². The quantitative estimate of drug-likeness (QED) is 0.120. The van der Waals surface area contributed by atoms with Gasteiger partial charge in [-0.15, -0.1) is 6.58 Å². The van der Waals surface area contributed by atoms with Gasteiger partial charge in [0.15, 0.2) is 0 Å². The van der Waals surface area contributed by atoms with Crippen LogP contribution in [0.4, 0.5) is 0 Å². The third kappa shape index (κ3) is 13.6.